The van der Waals surface area contributed by atoms with Gasteiger partial charge in [-0.1, -0.05) is 48.0 Å². The molecule has 2 heterocycles. The van der Waals surface area contributed by atoms with Crippen LogP contribution in [-0.4, -0.2) is 15.6 Å². The number of imidazole rings is 1. The van der Waals surface area contributed by atoms with Crippen molar-refractivity contribution < 1.29 is 0 Å². The molecule has 0 spiro atoms. The van der Waals surface area contributed by atoms with Crippen LogP contribution in [0.15, 0.2) is 84.0 Å². The van der Waals surface area contributed by atoms with Gasteiger partial charge in [-0.2, -0.15) is 0 Å². The van der Waals surface area contributed by atoms with Crippen LogP contribution in [0.1, 0.15) is 5.69 Å². The lowest BCUT2D eigenvalue weighted by atomic mass is 10.2. The summed E-state index contributed by atoms with van der Waals surface area (Å²) in [6, 6.07) is 23.6. The minimum atomic E-state index is 0.680. The van der Waals surface area contributed by atoms with Gasteiger partial charge >= 0.3 is 0 Å². The molecule has 0 saturated carbocycles. The van der Waals surface area contributed by atoms with Gasteiger partial charge in [0.2, 0.25) is 0 Å². The number of aliphatic imine (C=N–C) groups is 1. The van der Waals surface area contributed by atoms with E-state index >= 15 is 0 Å². The van der Waals surface area contributed by atoms with Gasteiger partial charge in [0.1, 0.15) is 11.5 Å². The fraction of sp³-hybridized carbons (Fsp3) is 0. The predicted octanol–water partition coefficient (Wildman–Crippen LogP) is 5.41. The van der Waals surface area contributed by atoms with Crippen molar-refractivity contribution in [1.82, 2.24) is 9.38 Å². The minimum absolute atomic E-state index is 0.680. The van der Waals surface area contributed by atoms with Crippen LogP contribution in [0.25, 0.3) is 16.9 Å². The second-order valence-corrected chi connectivity index (χ2v) is 5.76. The lowest BCUT2D eigenvalue weighted by Crippen LogP contribution is -1.88. The third-order valence-corrected chi connectivity index (χ3v) is 4.11. The monoisotopic (exact) mass is 331 g/mol. The van der Waals surface area contributed by atoms with E-state index in [4.69, 9.17) is 16.6 Å². The molecule has 0 aliphatic rings. The Morgan fingerprint density at radius 1 is 0.875 bits per heavy atom. The fourth-order valence-corrected chi connectivity index (χ4v) is 2.86. The highest BCUT2D eigenvalue weighted by Crippen LogP contribution is 2.28. The maximum atomic E-state index is 6.35. The van der Waals surface area contributed by atoms with Gasteiger partial charge in [-0.05, 0) is 36.4 Å². The van der Waals surface area contributed by atoms with Crippen LogP contribution in [-0.2, 0) is 0 Å². The summed E-state index contributed by atoms with van der Waals surface area (Å²) in [5.41, 5.74) is 3.61. The molecular weight excluding hydrogens is 318 g/mol. The minimum Gasteiger partial charge on any atom is -0.299 e. The number of benzene rings is 2. The largest absolute Gasteiger partial charge is 0.299 e. The van der Waals surface area contributed by atoms with Crippen molar-refractivity contribution in [2.24, 2.45) is 4.99 Å². The lowest BCUT2D eigenvalue weighted by Gasteiger charge is -2.02. The Balaban J connectivity index is 1.86. The average molecular weight is 332 g/mol. The molecule has 24 heavy (non-hydrogen) atoms. The Hall–Kier alpha value is -2.91. The molecule has 0 bridgehead atoms. The highest BCUT2D eigenvalue weighted by atomic mass is 35.5. The second-order valence-electron chi connectivity index (χ2n) is 5.35. The Morgan fingerprint density at radius 3 is 2.46 bits per heavy atom. The number of pyridine rings is 1. The zero-order valence-electron chi connectivity index (χ0n) is 12.8. The van der Waals surface area contributed by atoms with Gasteiger partial charge in [0.05, 0.1) is 22.4 Å². The van der Waals surface area contributed by atoms with E-state index in [9.17, 15) is 0 Å². The quantitative estimate of drug-likeness (QED) is 0.462. The predicted molar refractivity (Wildman–Crippen MR) is 99.3 cm³/mol. The molecule has 3 nitrogen and oxygen atoms in total. The molecule has 0 fully saturated rings. The first-order chi connectivity index (χ1) is 11.8. The topological polar surface area (TPSA) is 29.7 Å². The van der Waals surface area contributed by atoms with Crippen molar-refractivity contribution in [2.75, 3.05) is 0 Å². The van der Waals surface area contributed by atoms with E-state index in [0.29, 0.717) is 5.02 Å². The lowest BCUT2D eigenvalue weighted by molar-refractivity contribution is 1.16. The zero-order chi connectivity index (χ0) is 16.4. The first-order valence-electron chi connectivity index (χ1n) is 7.64. The molecule has 0 aliphatic carbocycles. The molecule has 0 unspecified atom stereocenters. The van der Waals surface area contributed by atoms with E-state index in [2.05, 4.69) is 4.99 Å². The Labute approximate surface area is 144 Å². The van der Waals surface area contributed by atoms with Crippen LogP contribution in [0.4, 0.5) is 5.69 Å². The summed E-state index contributed by atoms with van der Waals surface area (Å²) in [7, 11) is 0. The van der Waals surface area contributed by atoms with Crippen molar-refractivity contribution >= 4 is 29.0 Å². The van der Waals surface area contributed by atoms with Crippen LogP contribution >= 0.6 is 11.6 Å². The molecule has 0 aliphatic heterocycles. The van der Waals surface area contributed by atoms with Gasteiger partial charge in [-0.25, -0.2) is 4.98 Å². The summed E-state index contributed by atoms with van der Waals surface area (Å²) >= 11 is 6.35. The van der Waals surface area contributed by atoms with E-state index in [1.54, 1.807) is 6.21 Å². The van der Waals surface area contributed by atoms with Crippen LogP contribution < -0.4 is 0 Å². The average Bonchev–Trinajstić information content (AvgIpc) is 3.00. The molecule has 0 amide bonds. The summed E-state index contributed by atoms with van der Waals surface area (Å²) in [5, 5.41) is 0.680. The first-order valence-corrected chi connectivity index (χ1v) is 8.02. The van der Waals surface area contributed by atoms with E-state index in [-0.39, 0.29) is 0 Å². The highest BCUT2D eigenvalue weighted by molar-refractivity contribution is 6.33. The number of hydrogen-bond donors (Lipinski definition) is 0. The van der Waals surface area contributed by atoms with Crippen molar-refractivity contribution in [3.63, 3.8) is 0 Å². The maximum Gasteiger partial charge on any atom is 0.146 e. The van der Waals surface area contributed by atoms with Crippen LogP contribution in [0.5, 0.6) is 0 Å². The Bertz CT molecular complexity index is 1020. The van der Waals surface area contributed by atoms with Crippen molar-refractivity contribution in [3.05, 3.63) is 89.7 Å². The van der Waals surface area contributed by atoms with Gasteiger partial charge < -0.3 is 0 Å². The molecule has 2 aromatic carbocycles. The second kappa shape index (κ2) is 6.30. The summed E-state index contributed by atoms with van der Waals surface area (Å²) in [6.45, 7) is 0. The third kappa shape index (κ3) is 2.70. The maximum absolute atomic E-state index is 6.35. The van der Waals surface area contributed by atoms with Crippen molar-refractivity contribution in [1.29, 1.82) is 0 Å². The molecule has 0 radical (unpaired) electrons. The molecule has 0 saturated heterocycles. The number of rotatable bonds is 3. The number of aromatic nitrogens is 2. The third-order valence-electron chi connectivity index (χ3n) is 3.78. The molecule has 4 aromatic rings. The Morgan fingerprint density at radius 2 is 1.62 bits per heavy atom. The standard InChI is InChI=1S/C20H14ClN3/c21-17-11-5-4-10-16(17)20-23-18(19-12-6-7-13-24(19)20)14-22-15-8-2-1-3-9-15/h1-14H. The number of fused-ring (bicyclic) bond motifs is 1. The normalized spacial score (nSPS) is 11.4. The van der Waals surface area contributed by atoms with Gasteiger partial charge in [0.25, 0.3) is 0 Å². The molecule has 4 heteroatoms. The Kier molecular flexibility index (Phi) is 3.85. The molecule has 0 atom stereocenters. The van der Waals surface area contributed by atoms with Crippen molar-refractivity contribution in [3.8, 4) is 11.4 Å². The van der Waals surface area contributed by atoms with Crippen molar-refractivity contribution in [2.45, 2.75) is 0 Å². The van der Waals surface area contributed by atoms with Gasteiger partial charge in [0, 0.05) is 11.8 Å². The molecule has 2 aromatic heterocycles. The first kappa shape index (κ1) is 14.7. The number of hydrogen-bond acceptors (Lipinski definition) is 2. The van der Waals surface area contributed by atoms with E-state index < -0.39 is 0 Å². The SMILES string of the molecule is Clc1ccccc1-c1nc(C=Nc2ccccc2)c2ccccn12. The zero-order valence-corrected chi connectivity index (χ0v) is 13.6. The number of para-hydroxylation sites is 1. The summed E-state index contributed by atoms with van der Waals surface area (Å²) < 4.78 is 2.04. The smallest absolute Gasteiger partial charge is 0.146 e. The van der Waals surface area contributed by atoms with E-state index in [1.165, 1.54) is 0 Å². The highest BCUT2D eigenvalue weighted by Gasteiger charge is 2.13. The van der Waals surface area contributed by atoms with E-state index in [1.807, 2.05) is 83.4 Å². The van der Waals surface area contributed by atoms with Crippen LogP contribution in [0.3, 0.4) is 0 Å². The van der Waals surface area contributed by atoms with Crippen LogP contribution in [0.2, 0.25) is 5.02 Å². The van der Waals surface area contributed by atoms with Crippen LogP contribution in [0, 0.1) is 0 Å². The van der Waals surface area contributed by atoms with Gasteiger partial charge in [-0.15, -0.1) is 0 Å². The van der Waals surface area contributed by atoms with Gasteiger partial charge in [0.15, 0.2) is 0 Å². The van der Waals surface area contributed by atoms with E-state index in [0.717, 1.165) is 28.3 Å². The molecular formula is C20H14ClN3. The summed E-state index contributed by atoms with van der Waals surface area (Å²) in [6.07, 6.45) is 3.78. The molecule has 4 rings (SSSR count). The molecule has 0 N–H and O–H groups in total. The number of halogens is 1. The summed E-state index contributed by atoms with van der Waals surface area (Å²) in [4.78, 5) is 9.29. The molecule has 116 valence electrons. The fourth-order valence-electron chi connectivity index (χ4n) is 2.64. The van der Waals surface area contributed by atoms with Gasteiger partial charge in [-0.3, -0.25) is 9.39 Å². The number of nitrogens with zero attached hydrogens (tertiary/aromatic N) is 3. The summed E-state index contributed by atoms with van der Waals surface area (Å²) in [5.74, 6) is 0.811.